The van der Waals surface area contributed by atoms with Gasteiger partial charge in [0.25, 0.3) is 5.56 Å². The highest BCUT2D eigenvalue weighted by atomic mass is 16.6. The fourth-order valence-corrected chi connectivity index (χ4v) is 3.49. The van der Waals surface area contributed by atoms with Gasteiger partial charge in [-0.05, 0) is 32.8 Å². The van der Waals surface area contributed by atoms with E-state index in [1.807, 2.05) is 30.3 Å². The van der Waals surface area contributed by atoms with E-state index in [1.54, 1.807) is 20.8 Å². The Kier molecular flexibility index (Phi) is 6.45. The van der Waals surface area contributed by atoms with Crippen molar-refractivity contribution >= 4 is 17.7 Å². The highest BCUT2D eigenvalue weighted by molar-refractivity contribution is 5.84. The third-order valence-electron chi connectivity index (χ3n) is 4.84. The minimum absolute atomic E-state index is 0.0535. The molecular weight excluding hydrogens is 402 g/mol. The molecule has 1 aliphatic rings. The number of fused-ring (bicyclic) bond motifs is 1. The standard InChI is InChI=1S/C22H27N3O6/c1-21(2,3)31-19(27)22(14-29-4)11-10-17-23-12-16(18(26)25(17)22)24-20(28)30-13-15-8-6-5-7-9-15/h5-9,12H,10-11,13-14H2,1-4H3,(H,24,28). The average molecular weight is 429 g/mol. The van der Waals surface area contributed by atoms with Crippen molar-refractivity contribution in [1.82, 2.24) is 9.55 Å². The first-order valence-electron chi connectivity index (χ1n) is 9.98. The molecule has 1 unspecified atom stereocenters. The van der Waals surface area contributed by atoms with Crippen LogP contribution in [0.2, 0.25) is 0 Å². The van der Waals surface area contributed by atoms with Gasteiger partial charge in [0.05, 0.1) is 12.8 Å². The maximum atomic E-state index is 13.2. The van der Waals surface area contributed by atoms with Gasteiger partial charge in [0.15, 0.2) is 5.54 Å². The van der Waals surface area contributed by atoms with Crippen LogP contribution in [0, 0.1) is 0 Å². The number of ether oxygens (including phenoxy) is 3. The van der Waals surface area contributed by atoms with Crippen LogP contribution in [0.1, 0.15) is 38.6 Å². The number of nitrogens with zero attached hydrogens (tertiary/aromatic N) is 2. The summed E-state index contributed by atoms with van der Waals surface area (Å²) in [6.07, 6.45) is 1.18. The van der Waals surface area contributed by atoms with Crippen molar-refractivity contribution in [2.45, 2.75) is 51.4 Å². The van der Waals surface area contributed by atoms with E-state index in [0.29, 0.717) is 18.7 Å². The van der Waals surface area contributed by atoms with Gasteiger partial charge in [-0.15, -0.1) is 0 Å². The van der Waals surface area contributed by atoms with E-state index in [9.17, 15) is 14.4 Å². The quantitative estimate of drug-likeness (QED) is 0.703. The summed E-state index contributed by atoms with van der Waals surface area (Å²) < 4.78 is 17.3. The third kappa shape index (κ3) is 4.93. The zero-order valence-corrected chi connectivity index (χ0v) is 18.1. The van der Waals surface area contributed by atoms with Crippen molar-refractivity contribution in [3.63, 3.8) is 0 Å². The topological polar surface area (TPSA) is 109 Å². The van der Waals surface area contributed by atoms with Crippen LogP contribution in [-0.4, -0.2) is 40.9 Å². The number of carbonyl (C=O) groups is 2. The molecule has 0 fully saturated rings. The molecule has 1 aromatic heterocycles. The number of nitrogens with one attached hydrogen (secondary N) is 1. The van der Waals surface area contributed by atoms with Crippen molar-refractivity contribution < 1.29 is 23.8 Å². The second kappa shape index (κ2) is 8.89. The van der Waals surface area contributed by atoms with E-state index in [-0.39, 0.29) is 18.9 Å². The Balaban J connectivity index is 1.86. The molecule has 0 aliphatic carbocycles. The van der Waals surface area contributed by atoms with Crippen LogP contribution in [0.15, 0.2) is 41.3 Å². The molecule has 0 saturated heterocycles. The Morgan fingerprint density at radius 1 is 1.23 bits per heavy atom. The summed E-state index contributed by atoms with van der Waals surface area (Å²) in [4.78, 5) is 42.8. The smallest absolute Gasteiger partial charge is 0.412 e. The van der Waals surface area contributed by atoms with Crippen molar-refractivity contribution in [3.05, 3.63) is 58.3 Å². The predicted octanol–water partition coefficient (Wildman–Crippen LogP) is 2.62. The Morgan fingerprint density at radius 2 is 1.94 bits per heavy atom. The van der Waals surface area contributed by atoms with Gasteiger partial charge in [0, 0.05) is 13.5 Å². The van der Waals surface area contributed by atoms with Gasteiger partial charge < -0.3 is 14.2 Å². The zero-order valence-electron chi connectivity index (χ0n) is 18.1. The lowest BCUT2D eigenvalue weighted by molar-refractivity contribution is -0.169. The molecule has 9 nitrogen and oxygen atoms in total. The molecular formula is C22H27N3O6. The van der Waals surface area contributed by atoms with E-state index >= 15 is 0 Å². The van der Waals surface area contributed by atoms with Gasteiger partial charge in [0.2, 0.25) is 0 Å². The van der Waals surface area contributed by atoms with Gasteiger partial charge in [0.1, 0.15) is 23.7 Å². The fraction of sp³-hybridized carbons (Fsp3) is 0.455. The summed E-state index contributed by atoms with van der Waals surface area (Å²) in [7, 11) is 1.45. The Morgan fingerprint density at radius 3 is 2.58 bits per heavy atom. The summed E-state index contributed by atoms with van der Waals surface area (Å²) in [5.41, 5.74) is -1.94. The van der Waals surface area contributed by atoms with Gasteiger partial charge in [-0.1, -0.05) is 30.3 Å². The molecule has 0 bridgehead atoms. The average Bonchev–Trinajstić information content (AvgIpc) is 3.09. The molecule has 1 aliphatic heterocycles. The zero-order chi connectivity index (χ0) is 22.6. The van der Waals surface area contributed by atoms with Crippen molar-refractivity contribution in [2.24, 2.45) is 0 Å². The van der Waals surface area contributed by atoms with Crippen LogP contribution in [-0.2, 0) is 37.6 Å². The number of aromatic nitrogens is 2. The highest BCUT2D eigenvalue weighted by Crippen LogP contribution is 2.33. The molecule has 0 radical (unpaired) electrons. The summed E-state index contributed by atoms with van der Waals surface area (Å²) >= 11 is 0. The SMILES string of the molecule is COCC1(C(=O)OC(C)(C)C)CCc2ncc(NC(=O)OCc3ccccc3)c(=O)n21. The number of hydrogen-bond donors (Lipinski definition) is 1. The van der Waals surface area contributed by atoms with Crippen LogP contribution >= 0.6 is 0 Å². The molecule has 31 heavy (non-hydrogen) atoms. The molecule has 9 heteroatoms. The highest BCUT2D eigenvalue weighted by Gasteiger charge is 2.49. The number of benzene rings is 1. The number of carbonyl (C=O) groups excluding carboxylic acids is 2. The molecule has 1 amide bonds. The normalized spacial score (nSPS) is 17.7. The van der Waals surface area contributed by atoms with E-state index in [1.165, 1.54) is 17.9 Å². The number of aryl methyl sites for hydroxylation is 1. The van der Waals surface area contributed by atoms with Crippen molar-refractivity contribution in [1.29, 1.82) is 0 Å². The minimum Gasteiger partial charge on any atom is -0.458 e. The molecule has 1 N–H and O–H groups in total. The molecule has 2 aromatic rings. The first-order chi connectivity index (χ1) is 14.7. The maximum Gasteiger partial charge on any atom is 0.412 e. The fourth-order valence-electron chi connectivity index (χ4n) is 3.49. The van der Waals surface area contributed by atoms with Crippen LogP contribution in [0.4, 0.5) is 10.5 Å². The molecule has 3 rings (SSSR count). The molecule has 1 atom stereocenters. The molecule has 0 spiro atoms. The summed E-state index contributed by atoms with van der Waals surface area (Å²) in [5, 5.41) is 2.43. The predicted molar refractivity (Wildman–Crippen MR) is 113 cm³/mol. The van der Waals surface area contributed by atoms with Gasteiger partial charge >= 0.3 is 12.1 Å². The first-order valence-corrected chi connectivity index (χ1v) is 9.98. The van der Waals surface area contributed by atoms with E-state index in [0.717, 1.165) is 5.56 Å². The summed E-state index contributed by atoms with van der Waals surface area (Å²) in [6.45, 7) is 5.26. The number of amides is 1. The third-order valence-corrected chi connectivity index (χ3v) is 4.84. The molecule has 0 saturated carbocycles. The lowest BCUT2D eigenvalue weighted by atomic mass is 9.97. The number of rotatable bonds is 6. The van der Waals surface area contributed by atoms with Gasteiger partial charge in [-0.25, -0.2) is 14.6 Å². The largest absolute Gasteiger partial charge is 0.458 e. The van der Waals surface area contributed by atoms with Crippen LogP contribution in [0.25, 0.3) is 0 Å². The summed E-state index contributed by atoms with van der Waals surface area (Å²) in [6, 6.07) is 9.16. The van der Waals surface area contributed by atoms with Crippen LogP contribution in [0.5, 0.6) is 0 Å². The molecule has 2 heterocycles. The lowest BCUT2D eigenvalue weighted by Gasteiger charge is -2.32. The second-order valence-electron chi connectivity index (χ2n) is 8.38. The molecule has 1 aromatic carbocycles. The Bertz CT molecular complexity index is 1010. The number of methoxy groups -OCH3 is 1. The van der Waals surface area contributed by atoms with E-state index in [2.05, 4.69) is 10.3 Å². The van der Waals surface area contributed by atoms with Crippen LogP contribution < -0.4 is 10.9 Å². The number of anilines is 1. The van der Waals surface area contributed by atoms with Crippen molar-refractivity contribution in [3.8, 4) is 0 Å². The maximum absolute atomic E-state index is 13.2. The Hall–Kier alpha value is -3.20. The van der Waals surface area contributed by atoms with Gasteiger partial charge in [-0.3, -0.25) is 14.7 Å². The Labute approximate surface area is 180 Å². The first kappa shape index (κ1) is 22.5. The van der Waals surface area contributed by atoms with Crippen molar-refractivity contribution in [2.75, 3.05) is 19.0 Å². The monoisotopic (exact) mass is 429 g/mol. The van der Waals surface area contributed by atoms with E-state index in [4.69, 9.17) is 14.2 Å². The number of hydrogen-bond acceptors (Lipinski definition) is 7. The van der Waals surface area contributed by atoms with E-state index < -0.39 is 28.8 Å². The van der Waals surface area contributed by atoms with Crippen LogP contribution in [0.3, 0.4) is 0 Å². The second-order valence-corrected chi connectivity index (χ2v) is 8.38. The lowest BCUT2D eigenvalue weighted by Crippen LogP contribution is -2.51. The minimum atomic E-state index is -1.35. The van der Waals surface area contributed by atoms with Gasteiger partial charge in [-0.2, -0.15) is 0 Å². The molecule has 166 valence electrons. The summed E-state index contributed by atoms with van der Waals surface area (Å²) in [5.74, 6) is -0.149. The number of esters is 1.